The average Bonchev–Trinajstić information content (AvgIpc) is 2.99. The van der Waals surface area contributed by atoms with Gasteiger partial charge in [0.25, 0.3) is 0 Å². The summed E-state index contributed by atoms with van der Waals surface area (Å²) in [6.45, 7) is 8.60. The Morgan fingerprint density at radius 1 is 1.23 bits per heavy atom. The molecule has 3 aromatic rings. The quantitative estimate of drug-likeness (QED) is 0.600. The highest BCUT2D eigenvalue weighted by molar-refractivity contribution is 6.33. The number of benzene rings is 1. The van der Waals surface area contributed by atoms with E-state index in [9.17, 15) is 0 Å². The van der Waals surface area contributed by atoms with Gasteiger partial charge in [0.2, 0.25) is 0 Å². The molecule has 0 bridgehead atoms. The van der Waals surface area contributed by atoms with Crippen LogP contribution in [-0.4, -0.2) is 22.8 Å². The number of pyridine rings is 1. The summed E-state index contributed by atoms with van der Waals surface area (Å²) < 4.78 is 7.30. The predicted octanol–water partition coefficient (Wildman–Crippen LogP) is 5.74. The first-order valence-electron chi connectivity index (χ1n) is 9.11. The van der Waals surface area contributed by atoms with Crippen molar-refractivity contribution in [2.45, 2.75) is 46.6 Å². The molecule has 0 saturated heterocycles. The van der Waals surface area contributed by atoms with E-state index < -0.39 is 0 Å². The van der Waals surface area contributed by atoms with E-state index in [1.807, 2.05) is 22.7 Å². The second kappa shape index (κ2) is 7.58. The minimum Gasteiger partial charge on any atom is -0.497 e. The summed E-state index contributed by atoms with van der Waals surface area (Å²) in [4.78, 5) is 0. The molecule has 0 aliphatic rings. The number of halogens is 1. The lowest BCUT2D eigenvalue weighted by Gasteiger charge is -2.14. The molecular formula is C21H26ClN3O. The molecule has 0 spiro atoms. The van der Waals surface area contributed by atoms with Crippen molar-refractivity contribution < 1.29 is 4.74 Å². The number of hydrogen-bond acceptors (Lipinski definition) is 3. The molecule has 1 unspecified atom stereocenters. The summed E-state index contributed by atoms with van der Waals surface area (Å²) in [5.41, 5.74) is 6.37. The number of ether oxygens (including phenoxy) is 1. The zero-order valence-corrected chi connectivity index (χ0v) is 16.8. The highest BCUT2D eigenvalue weighted by Gasteiger charge is 2.18. The zero-order valence-electron chi connectivity index (χ0n) is 16.1. The van der Waals surface area contributed by atoms with E-state index in [0.29, 0.717) is 11.1 Å². The van der Waals surface area contributed by atoms with Gasteiger partial charge >= 0.3 is 0 Å². The molecule has 138 valence electrons. The van der Waals surface area contributed by atoms with E-state index in [0.717, 1.165) is 52.3 Å². The molecule has 2 aromatic heterocycles. The van der Waals surface area contributed by atoms with Gasteiger partial charge in [-0.2, -0.15) is 5.10 Å². The smallest absolute Gasteiger partial charge is 0.120 e. The van der Waals surface area contributed by atoms with E-state index in [4.69, 9.17) is 21.4 Å². The molecular weight excluding hydrogens is 346 g/mol. The van der Waals surface area contributed by atoms with Gasteiger partial charge < -0.3 is 10.1 Å². The average molecular weight is 372 g/mol. The van der Waals surface area contributed by atoms with Crippen LogP contribution in [0.2, 0.25) is 5.02 Å². The lowest BCUT2D eigenvalue weighted by Crippen LogP contribution is -2.14. The fraction of sp³-hybridized carbons (Fsp3) is 0.381. The molecule has 0 amide bonds. The van der Waals surface area contributed by atoms with Crippen LogP contribution in [0.5, 0.6) is 5.75 Å². The van der Waals surface area contributed by atoms with Gasteiger partial charge in [0.1, 0.15) is 5.75 Å². The van der Waals surface area contributed by atoms with Gasteiger partial charge in [0, 0.05) is 11.6 Å². The third-order valence-electron chi connectivity index (χ3n) is 4.84. The van der Waals surface area contributed by atoms with Crippen molar-refractivity contribution in [1.82, 2.24) is 9.61 Å². The van der Waals surface area contributed by atoms with E-state index in [1.165, 1.54) is 0 Å². The van der Waals surface area contributed by atoms with Crippen molar-refractivity contribution in [2.24, 2.45) is 0 Å². The van der Waals surface area contributed by atoms with Crippen molar-refractivity contribution >= 4 is 22.8 Å². The predicted molar refractivity (Wildman–Crippen MR) is 110 cm³/mol. The van der Waals surface area contributed by atoms with Crippen molar-refractivity contribution in [3.05, 3.63) is 46.6 Å². The fourth-order valence-electron chi connectivity index (χ4n) is 3.15. The number of nitrogens with zero attached hydrogens (tertiary/aromatic N) is 2. The van der Waals surface area contributed by atoms with E-state index in [2.05, 4.69) is 45.1 Å². The molecule has 26 heavy (non-hydrogen) atoms. The molecule has 3 rings (SSSR count). The van der Waals surface area contributed by atoms with Gasteiger partial charge in [0.05, 0.1) is 34.7 Å². The number of aryl methyl sites for hydroxylation is 2. The first-order chi connectivity index (χ1) is 12.5. The minimum absolute atomic E-state index is 0.391. The lowest BCUT2D eigenvalue weighted by atomic mass is 10.1. The van der Waals surface area contributed by atoms with Crippen LogP contribution < -0.4 is 10.1 Å². The maximum atomic E-state index is 6.57. The first kappa shape index (κ1) is 18.6. The number of fused-ring (bicyclic) bond motifs is 1. The van der Waals surface area contributed by atoms with Crippen molar-refractivity contribution in [2.75, 3.05) is 12.4 Å². The summed E-state index contributed by atoms with van der Waals surface area (Å²) in [6.07, 6.45) is 1.93. The monoisotopic (exact) mass is 371 g/mol. The van der Waals surface area contributed by atoms with Crippen LogP contribution in [0.3, 0.4) is 0 Å². The van der Waals surface area contributed by atoms with Gasteiger partial charge in [-0.25, -0.2) is 4.52 Å². The number of rotatable bonds is 6. The third-order valence-corrected chi connectivity index (χ3v) is 5.15. The van der Waals surface area contributed by atoms with E-state index in [1.54, 1.807) is 7.11 Å². The number of methoxy groups -OCH3 is 1. The Labute approximate surface area is 160 Å². The summed E-state index contributed by atoms with van der Waals surface area (Å²) in [7, 11) is 1.64. The van der Waals surface area contributed by atoms with Gasteiger partial charge in [-0.1, -0.05) is 31.5 Å². The zero-order chi connectivity index (χ0) is 18.8. The van der Waals surface area contributed by atoms with Crippen molar-refractivity contribution in [1.29, 1.82) is 0 Å². The standard InChI is InChI=1S/C21H26ClN3O/c1-6-14(4)23-20-18(7-2)24-25-19(20)11-8-13(3)21(25)16-10-9-15(26-5)12-17(16)22/h8-12,14,23H,6-7H2,1-5H3. The summed E-state index contributed by atoms with van der Waals surface area (Å²) >= 11 is 6.57. The van der Waals surface area contributed by atoms with Crippen LogP contribution in [0.1, 0.15) is 38.4 Å². The third kappa shape index (κ3) is 3.26. The van der Waals surface area contributed by atoms with Crippen LogP contribution in [0.15, 0.2) is 30.3 Å². The van der Waals surface area contributed by atoms with Crippen molar-refractivity contribution in [3.63, 3.8) is 0 Å². The Morgan fingerprint density at radius 2 is 2.00 bits per heavy atom. The van der Waals surface area contributed by atoms with E-state index in [-0.39, 0.29) is 0 Å². The topological polar surface area (TPSA) is 38.6 Å². The molecule has 0 radical (unpaired) electrons. The summed E-state index contributed by atoms with van der Waals surface area (Å²) in [5, 5.41) is 9.19. The number of hydrogen-bond donors (Lipinski definition) is 1. The van der Waals surface area contributed by atoms with Crippen LogP contribution in [0.25, 0.3) is 16.8 Å². The number of nitrogens with one attached hydrogen (secondary N) is 1. The lowest BCUT2D eigenvalue weighted by molar-refractivity contribution is 0.415. The fourth-order valence-corrected chi connectivity index (χ4v) is 3.41. The molecule has 4 nitrogen and oxygen atoms in total. The Morgan fingerprint density at radius 3 is 2.62 bits per heavy atom. The van der Waals surface area contributed by atoms with Crippen molar-refractivity contribution in [3.8, 4) is 17.0 Å². The van der Waals surface area contributed by atoms with Crippen LogP contribution in [0, 0.1) is 6.92 Å². The molecule has 0 fully saturated rings. The van der Waals surface area contributed by atoms with Crippen LogP contribution in [-0.2, 0) is 6.42 Å². The molecule has 1 aromatic carbocycles. The molecule has 2 heterocycles. The molecule has 1 atom stereocenters. The molecule has 0 aliphatic heterocycles. The first-order valence-corrected chi connectivity index (χ1v) is 9.49. The summed E-state index contributed by atoms with van der Waals surface area (Å²) in [6, 6.07) is 10.4. The van der Waals surface area contributed by atoms with Gasteiger partial charge in [-0.3, -0.25) is 0 Å². The molecule has 0 aliphatic carbocycles. The highest BCUT2D eigenvalue weighted by atomic mass is 35.5. The molecule has 0 saturated carbocycles. The SMILES string of the molecule is CCc1nn2c(-c3ccc(OC)cc3Cl)c(C)ccc2c1NC(C)CC. The van der Waals surface area contributed by atoms with Gasteiger partial charge in [-0.05, 0) is 56.5 Å². The molecule has 5 heteroatoms. The minimum atomic E-state index is 0.391. The number of anilines is 1. The van der Waals surface area contributed by atoms with E-state index >= 15 is 0 Å². The number of aromatic nitrogens is 2. The Bertz CT molecular complexity index is 933. The second-order valence-corrected chi connectivity index (χ2v) is 7.04. The Hall–Kier alpha value is -2.20. The summed E-state index contributed by atoms with van der Waals surface area (Å²) in [5.74, 6) is 0.748. The Kier molecular flexibility index (Phi) is 5.42. The maximum Gasteiger partial charge on any atom is 0.120 e. The second-order valence-electron chi connectivity index (χ2n) is 6.64. The van der Waals surface area contributed by atoms with Crippen LogP contribution >= 0.6 is 11.6 Å². The normalized spacial score (nSPS) is 12.4. The van der Waals surface area contributed by atoms with Gasteiger partial charge in [0.15, 0.2) is 0 Å². The Balaban J connectivity index is 2.25. The largest absolute Gasteiger partial charge is 0.497 e. The highest BCUT2D eigenvalue weighted by Crippen LogP contribution is 2.35. The molecule has 1 N–H and O–H groups in total. The van der Waals surface area contributed by atoms with Gasteiger partial charge in [-0.15, -0.1) is 0 Å². The van der Waals surface area contributed by atoms with Crippen LogP contribution in [0.4, 0.5) is 5.69 Å². The maximum absolute atomic E-state index is 6.57.